The molecule has 0 aromatic heterocycles. The summed E-state index contributed by atoms with van der Waals surface area (Å²) < 4.78 is 5.71. The number of halogens is 1. The van der Waals surface area contributed by atoms with E-state index in [2.05, 4.69) is 16.7 Å². The Morgan fingerprint density at radius 2 is 2.23 bits per heavy atom. The fourth-order valence-electron chi connectivity index (χ4n) is 3.60. The minimum absolute atomic E-state index is 0.156. The maximum atomic E-state index is 12.8. The van der Waals surface area contributed by atoms with Crippen LogP contribution >= 0.6 is 23.4 Å². The molecular weight excluding hydrogens is 380 g/mol. The maximum Gasteiger partial charge on any atom is 0.240 e. The van der Waals surface area contributed by atoms with Crippen LogP contribution in [0.3, 0.4) is 0 Å². The van der Waals surface area contributed by atoms with Crippen molar-refractivity contribution in [2.75, 3.05) is 26.0 Å². The molecule has 1 amide bonds. The standard InChI is InChI=1S/C17H29ClN2O5S/c1-9(18)14(11(12(22)8-21)6-13(23)26-2)20-17(24)15-16-10(7-19-15)4-3-5-25-16/h3-4,9-16,19,21-23H,5-8H2,1-2H3,(H,20,24). The van der Waals surface area contributed by atoms with Crippen molar-refractivity contribution >= 4 is 29.3 Å². The van der Waals surface area contributed by atoms with Crippen LogP contribution in [-0.2, 0) is 9.53 Å². The minimum atomic E-state index is -1.10. The van der Waals surface area contributed by atoms with Crippen molar-refractivity contribution in [2.45, 2.75) is 48.4 Å². The zero-order valence-corrected chi connectivity index (χ0v) is 16.6. The number of carbonyl (C=O) groups excluding carboxylic acids is 1. The number of aliphatic hydroxyl groups excluding tert-OH is 3. The molecule has 1 saturated heterocycles. The molecule has 8 unspecified atom stereocenters. The smallest absolute Gasteiger partial charge is 0.240 e. The fraction of sp³-hybridized carbons (Fsp3) is 0.824. The molecule has 2 heterocycles. The predicted octanol–water partition coefficient (Wildman–Crippen LogP) is -0.318. The lowest BCUT2D eigenvalue weighted by molar-refractivity contribution is -0.127. The lowest BCUT2D eigenvalue weighted by Gasteiger charge is -2.35. The van der Waals surface area contributed by atoms with Crippen molar-refractivity contribution in [3.63, 3.8) is 0 Å². The third-order valence-electron chi connectivity index (χ3n) is 5.07. The van der Waals surface area contributed by atoms with E-state index in [0.717, 1.165) is 0 Å². The van der Waals surface area contributed by atoms with Gasteiger partial charge in [0.05, 0.1) is 42.3 Å². The molecular formula is C17H29ClN2O5S. The van der Waals surface area contributed by atoms with Gasteiger partial charge in [0.25, 0.3) is 0 Å². The van der Waals surface area contributed by atoms with Gasteiger partial charge in [-0.3, -0.25) is 4.79 Å². The van der Waals surface area contributed by atoms with Gasteiger partial charge in [-0.2, -0.15) is 0 Å². The molecule has 0 aliphatic carbocycles. The topological polar surface area (TPSA) is 111 Å². The van der Waals surface area contributed by atoms with Crippen molar-refractivity contribution in [2.24, 2.45) is 11.8 Å². The quantitative estimate of drug-likeness (QED) is 0.202. The number of hydrogen-bond acceptors (Lipinski definition) is 7. The van der Waals surface area contributed by atoms with Crippen LogP contribution in [0.5, 0.6) is 0 Å². The Hall–Kier alpha value is -0.350. The van der Waals surface area contributed by atoms with Gasteiger partial charge in [-0.25, -0.2) is 0 Å². The first-order valence-corrected chi connectivity index (χ1v) is 10.6. The van der Waals surface area contributed by atoms with Crippen LogP contribution in [0.1, 0.15) is 13.3 Å². The second-order valence-corrected chi connectivity index (χ2v) is 8.53. The summed E-state index contributed by atoms with van der Waals surface area (Å²) in [6.45, 7) is 2.39. The highest BCUT2D eigenvalue weighted by atomic mass is 35.5. The van der Waals surface area contributed by atoms with Gasteiger partial charge in [0.2, 0.25) is 5.91 Å². The maximum absolute atomic E-state index is 12.8. The third kappa shape index (κ3) is 5.34. The molecule has 2 aliphatic rings. The Morgan fingerprint density at radius 1 is 1.50 bits per heavy atom. The molecule has 0 radical (unpaired) electrons. The first kappa shape index (κ1) is 21.9. The second kappa shape index (κ2) is 10.3. The van der Waals surface area contributed by atoms with Gasteiger partial charge in [-0.1, -0.05) is 12.2 Å². The van der Waals surface area contributed by atoms with Crippen LogP contribution in [0.4, 0.5) is 0 Å². The Balaban J connectivity index is 2.09. The lowest BCUT2D eigenvalue weighted by Crippen LogP contribution is -2.56. The van der Waals surface area contributed by atoms with E-state index in [1.807, 2.05) is 6.08 Å². The van der Waals surface area contributed by atoms with Crippen LogP contribution in [0.15, 0.2) is 12.2 Å². The van der Waals surface area contributed by atoms with E-state index in [4.69, 9.17) is 16.3 Å². The lowest BCUT2D eigenvalue weighted by atomic mass is 9.88. The monoisotopic (exact) mass is 408 g/mol. The van der Waals surface area contributed by atoms with Gasteiger partial charge in [-0.15, -0.1) is 23.4 Å². The summed E-state index contributed by atoms with van der Waals surface area (Å²) in [6, 6.07) is -1.10. The average Bonchev–Trinajstić information content (AvgIpc) is 3.07. The Bertz CT molecular complexity index is 496. The van der Waals surface area contributed by atoms with E-state index in [1.54, 1.807) is 13.2 Å². The first-order chi connectivity index (χ1) is 12.4. The zero-order valence-electron chi connectivity index (χ0n) is 15.0. The second-order valence-electron chi connectivity index (χ2n) is 6.83. The number of ether oxygens (including phenoxy) is 1. The first-order valence-electron chi connectivity index (χ1n) is 8.84. The number of fused-ring (bicyclic) bond motifs is 1. The Labute approximate surface area is 163 Å². The highest BCUT2D eigenvalue weighted by Gasteiger charge is 2.43. The largest absolute Gasteiger partial charge is 0.394 e. The van der Waals surface area contributed by atoms with Crippen LogP contribution in [0.25, 0.3) is 0 Å². The molecule has 2 aliphatic heterocycles. The van der Waals surface area contributed by atoms with Gasteiger partial charge < -0.3 is 30.7 Å². The SMILES string of the molecule is CSC(O)CC(C(O)CO)C(NC(=O)C1NCC2C=CCOC21)C(C)Cl. The number of aliphatic hydroxyl groups is 3. The van der Waals surface area contributed by atoms with E-state index < -0.39 is 41.5 Å². The molecule has 2 rings (SSSR count). The van der Waals surface area contributed by atoms with Gasteiger partial charge in [0.15, 0.2) is 0 Å². The summed E-state index contributed by atoms with van der Waals surface area (Å²) in [5, 5.41) is 35.2. The van der Waals surface area contributed by atoms with Crippen molar-refractivity contribution in [3.05, 3.63) is 12.2 Å². The molecule has 150 valence electrons. The van der Waals surface area contributed by atoms with E-state index in [9.17, 15) is 20.1 Å². The normalized spacial score (nSPS) is 30.9. The molecule has 0 aromatic rings. The highest BCUT2D eigenvalue weighted by molar-refractivity contribution is 7.99. The van der Waals surface area contributed by atoms with Crippen LogP contribution in [-0.4, -0.2) is 82.3 Å². The van der Waals surface area contributed by atoms with Gasteiger partial charge in [-0.05, 0) is 19.6 Å². The summed E-state index contributed by atoms with van der Waals surface area (Å²) in [7, 11) is 0. The van der Waals surface area contributed by atoms with E-state index in [-0.39, 0.29) is 24.3 Å². The average molecular weight is 409 g/mol. The number of rotatable bonds is 9. The van der Waals surface area contributed by atoms with Crippen LogP contribution in [0.2, 0.25) is 0 Å². The molecule has 7 nitrogen and oxygen atoms in total. The van der Waals surface area contributed by atoms with E-state index in [0.29, 0.717) is 13.2 Å². The molecule has 26 heavy (non-hydrogen) atoms. The molecule has 9 heteroatoms. The number of carbonyl (C=O) groups is 1. The van der Waals surface area contributed by atoms with Crippen molar-refractivity contribution in [3.8, 4) is 0 Å². The molecule has 0 bridgehead atoms. The minimum Gasteiger partial charge on any atom is -0.394 e. The van der Waals surface area contributed by atoms with E-state index in [1.165, 1.54) is 11.8 Å². The highest BCUT2D eigenvalue weighted by Crippen LogP contribution is 2.27. The summed E-state index contributed by atoms with van der Waals surface area (Å²) in [6.07, 6.45) is 4.63. The number of nitrogens with one attached hydrogen (secondary N) is 2. The zero-order chi connectivity index (χ0) is 19.3. The summed E-state index contributed by atoms with van der Waals surface area (Å²) >= 11 is 7.53. The molecule has 5 N–H and O–H groups in total. The predicted molar refractivity (Wildman–Crippen MR) is 102 cm³/mol. The number of amides is 1. The van der Waals surface area contributed by atoms with Gasteiger partial charge in [0, 0.05) is 18.4 Å². The van der Waals surface area contributed by atoms with E-state index >= 15 is 0 Å². The summed E-state index contributed by atoms with van der Waals surface area (Å²) in [5.41, 5.74) is -0.725. The molecule has 8 atom stereocenters. The van der Waals surface area contributed by atoms with Crippen LogP contribution < -0.4 is 10.6 Å². The molecule has 1 fully saturated rings. The summed E-state index contributed by atoms with van der Waals surface area (Å²) in [4.78, 5) is 12.8. The number of alkyl halides is 1. The molecule has 0 spiro atoms. The molecule has 0 saturated carbocycles. The van der Waals surface area contributed by atoms with Crippen LogP contribution in [0, 0.1) is 11.8 Å². The Kier molecular flexibility index (Phi) is 8.66. The molecule has 0 aromatic carbocycles. The van der Waals surface area contributed by atoms with Crippen molar-refractivity contribution in [1.29, 1.82) is 0 Å². The fourth-order valence-corrected chi connectivity index (χ4v) is 4.27. The summed E-state index contributed by atoms with van der Waals surface area (Å²) in [5.74, 6) is -0.675. The Morgan fingerprint density at radius 3 is 2.85 bits per heavy atom. The van der Waals surface area contributed by atoms with Crippen molar-refractivity contribution in [1.82, 2.24) is 10.6 Å². The number of hydrogen-bond donors (Lipinski definition) is 5. The van der Waals surface area contributed by atoms with Gasteiger partial charge >= 0.3 is 0 Å². The third-order valence-corrected chi connectivity index (χ3v) is 6.07. The number of thioether (sulfide) groups is 1. The van der Waals surface area contributed by atoms with Gasteiger partial charge in [0.1, 0.15) is 6.04 Å². The van der Waals surface area contributed by atoms with Crippen molar-refractivity contribution < 1.29 is 24.9 Å².